The van der Waals surface area contributed by atoms with Crippen molar-refractivity contribution in [3.05, 3.63) is 29.6 Å². The molecule has 3 N–H and O–H groups in total. The predicted octanol–water partition coefficient (Wildman–Crippen LogP) is 2.90. The summed E-state index contributed by atoms with van der Waals surface area (Å²) in [6, 6.07) is 3.41. The fourth-order valence-corrected chi connectivity index (χ4v) is 2.15. The third-order valence-corrected chi connectivity index (χ3v) is 3.39. The Balaban J connectivity index is 2.36. The standard InChI is InChI=1S/C17H25FN2O3/c1-11(2)5-4-6-12(3)20-16(21)10-23-17(22)14-8-7-13(18)9-15(14)19/h7-9,11-12H,4-6,10,19H2,1-3H3,(H,20,21). The van der Waals surface area contributed by atoms with E-state index < -0.39 is 11.8 Å². The highest BCUT2D eigenvalue weighted by Gasteiger charge is 2.15. The van der Waals surface area contributed by atoms with Crippen molar-refractivity contribution in [2.24, 2.45) is 5.92 Å². The lowest BCUT2D eigenvalue weighted by atomic mass is 10.0. The Bertz CT molecular complexity index is 547. The molecule has 0 heterocycles. The molecule has 128 valence electrons. The highest BCUT2D eigenvalue weighted by atomic mass is 19.1. The van der Waals surface area contributed by atoms with E-state index in [0.717, 1.165) is 31.4 Å². The van der Waals surface area contributed by atoms with Gasteiger partial charge in [0.15, 0.2) is 6.61 Å². The summed E-state index contributed by atoms with van der Waals surface area (Å²) in [7, 11) is 0. The largest absolute Gasteiger partial charge is 0.452 e. The van der Waals surface area contributed by atoms with Crippen LogP contribution >= 0.6 is 0 Å². The topological polar surface area (TPSA) is 81.4 Å². The number of halogens is 1. The molecule has 1 unspecified atom stereocenters. The van der Waals surface area contributed by atoms with Gasteiger partial charge in [0.2, 0.25) is 0 Å². The second kappa shape index (κ2) is 9.12. The first-order valence-electron chi connectivity index (χ1n) is 7.81. The minimum Gasteiger partial charge on any atom is -0.452 e. The minimum absolute atomic E-state index is 0.0162. The number of hydrogen-bond acceptors (Lipinski definition) is 4. The van der Waals surface area contributed by atoms with Crippen LogP contribution in [0.4, 0.5) is 10.1 Å². The van der Waals surface area contributed by atoms with E-state index in [0.29, 0.717) is 5.92 Å². The van der Waals surface area contributed by atoms with E-state index in [9.17, 15) is 14.0 Å². The maximum atomic E-state index is 12.9. The quantitative estimate of drug-likeness (QED) is 0.569. The number of esters is 1. The number of anilines is 1. The van der Waals surface area contributed by atoms with Crippen LogP contribution in [-0.2, 0) is 9.53 Å². The van der Waals surface area contributed by atoms with Gasteiger partial charge in [-0.1, -0.05) is 26.7 Å². The number of hydrogen-bond donors (Lipinski definition) is 2. The lowest BCUT2D eigenvalue weighted by Gasteiger charge is -2.14. The molecule has 5 nitrogen and oxygen atoms in total. The summed E-state index contributed by atoms with van der Waals surface area (Å²) in [5.41, 5.74) is 5.58. The summed E-state index contributed by atoms with van der Waals surface area (Å²) in [6.07, 6.45) is 3.02. The Morgan fingerprint density at radius 3 is 2.57 bits per heavy atom. The van der Waals surface area contributed by atoms with Gasteiger partial charge in [-0.3, -0.25) is 4.79 Å². The van der Waals surface area contributed by atoms with E-state index in [1.165, 1.54) is 6.07 Å². The summed E-state index contributed by atoms with van der Waals surface area (Å²) in [4.78, 5) is 23.6. The maximum absolute atomic E-state index is 12.9. The van der Waals surface area contributed by atoms with Crippen molar-refractivity contribution in [3.63, 3.8) is 0 Å². The highest BCUT2D eigenvalue weighted by molar-refractivity contribution is 5.96. The second-order valence-electron chi connectivity index (χ2n) is 6.10. The molecule has 1 rings (SSSR count). The van der Waals surface area contributed by atoms with Crippen LogP contribution < -0.4 is 11.1 Å². The number of nitrogens with one attached hydrogen (secondary N) is 1. The van der Waals surface area contributed by atoms with E-state index >= 15 is 0 Å². The smallest absolute Gasteiger partial charge is 0.340 e. The van der Waals surface area contributed by atoms with Crippen LogP contribution in [0.5, 0.6) is 0 Å². The number of carbonyl (C=O) groups is 2. The Morgan fingerprint density at radius 1 is 1.26 bits per heavy atom. The molecule has 0 bridgehead atoms. The van der Waals surface area contributed by atoms with Crippen molar-refractivity contribution in [1.29, 1.82) is 0 Å². The lowest BCUT2D eigenvalue weighted by Crippen LogP contribution is -2.35. The fraction of sp³-hybridized carbons (Fsp3) is 0.529. The molecule has 0 aliphatic rings. The monoisotopic (exact) mass is 324 g/mol. The summed E-state index contributed by atoms with van der Waals surface area (Å²) < 4.78 is 17.8. The van der Waals surface area contributed by atoms with Crippen LogP contribution in [0.25, 0.3) is 0 Å². The second-order valence-corrected chi connectivity index (χ2v) is 6.10. The first kappa shape index (κ1) is 18.9. The van der Waals surface area contributed by atoms with Gasteiger partial charge in [0, 0.05) is 11.7 Å². The van der Waals surface area contributed by atoms with Gasteiger partial charge in [-0.25, -0.2) is 9.18 Å². The van der Waals surface area contributed by atoms with Crippen molar-refractivity contribution in [1.82, 2.24) is 5.32 Å². The molecule has 6 heteroatoms. The van der Waals surface area contributed by atoms with Gasteiger partial charge in [0.05, 0.1) is 5.56 Å². The van der Waals surface area contributed by atoms with Crippen molar-refractivity contribution in [2.75, 3.05) is 12.3 Å². The van der Waals surface area contributed by atoms with Gasteiger partial charge >= 0.3 is 5.97 Å². The number of ether oxygens (including phenoxy) is 1. The average Bonchev–Trinajstić information content (AvgIpc) is 2.44. The van der Waals surface area contributed by atoms with E-state index in [1.807, 2.05) is 6.92 Å². The number of benzene rings is 1. The minimum atomic E-state index is -0.745. The van der Waals surface area contributed by atoms with Crippen LogP contribution in [-0.4, -0.2) is 24.5 Å². The molecule has 1 amide bonds. The lowest BCUT2D eigenvalue weighted by molar-refractivity contribution is -0.124. The molecule has 0 saturated carbocycles. The number of carbonyl (C=O) groups excluding carboxylic acids is 2. The molecule has 23 heavy (non-hydrogen) atoms. The Labute approximate surface area is 136 Å². The Kier molecular flexibility index (Phi) is 7.51. The van der Waals surface area contributed by atoms with Crippen molar-refractivity contribution < 1.29 is 18.7 Å². The van der Waals surface area contributed by atoms with Crippen LogP contribution in [0.2, 0.25) is 0 Å². The summed E-state index contributed by atoms with van der Waals surface area (Å²) in [5, 5.41) is 2.78. The van der Waals surface area contributed by atoms with E-state index in [-0.39, 0.29) is 29.8 Å². The Hall–Kier alpha value is -2.11. The van der Waals surface area contributed by atoms with Gasteiger partial charge in [-0.15, -0.1) is 0 Å². The fourth-order valence-electron chi connectivity index (χ4n) is 2.15. The SMILES string of the molecule is CC(C)CCCC(C)NC(=O)COC(=O)c1ccc(F)cc1N. The molecule has 1 aromatic carbocycles. The summed E-state index contributed by atoms with van der Waals surface area (Å²) in [5.74, 6) is -1.01. The van der Waals surface area contributed by atoms with Gasteiger partial charge in [-0.2, -0.15) is 0 Å². The molecule has 0 aliphatic carbocycles. The molecule has 0 radical (unpaired) electrons. The number of nitrogens with two attached hydrogens (primary N) is 1. The van der Waals surface area contributed by atoms with Crippen LogP contribution in [0.1, 0.15) is 50.4 Å². The summed E-state index contributed by atoms with van der Waals surface area (Å²) in [6.45, 7) is 5.84. The van der Waals surface area contributed by atoms with Gasteiger partial charge < -0.3 is 15.8 Å². The molecule has 0 aromatic heterocycles. The first-order chi connectivity index (χ1) is 10.8. The van der Waals surface area contributed by atoms with Gasteiger partial charge in [0.1, 0.15) is 5.82 Å². The number of nitrogen functional groups attached to an aromatic ring is 1. The van der Waals surface area contributed by atoms with Crippen molar-refractivity contribution in [3.8, 4) is 0 Å². The molecule has 0 fully saturated rings. The Morgan fingerprint density at radius 2 is 1.96 bits per heavy atom. The normalized spacial score (nSPS) is 12.0. The number of rotatable bonds is 8. The third-order valence-electron chi connectivity index (χ3n) is 3.39. The zero-order valence-corrected chi connectivity index (χ0v) is 13.9. The van der Waals surface area contributed by atoms with Crippen LogP contribution in [0.3, 0.4) is 0 Å². The number of amides is 1. The maximum Gasteiger partial charge on any atom is 0.340 e. The van der Waals surface area contributed by atoms with Crippen molar-refractivity contribution >= 4 is 17.6 Å². The van der Waals surface area contributed by atoms with E-state index in [2.05, 4.69) is 19.2 Å². The van der Waals surface area contributed by atoms with Gasteiger partial charge in [-0.05, 0) is 37.5 Å². The predicted molar refractivity (Wildman–Crippen MR) is 87.4 cm³/mol. The average molecular weight is 324 g/mol. The molecule has 0 saturated heterocycles. The molecule has 1 aromatic rings. The zero-order valence-electron chi connectivity index (χ0n) is 13.9. The highest BCUT2D eigenvalue weighted by Crippen LogP contribution is 2.14. The van der Waals surface area contributed by atoms with E-state index in [1.54, 1.807) is 0 Å². The zero-order chi connectivity index (χ0) is 17.4. The molecular formula is C17H25FN2O3. The van der Waals surface area contributed by atoms with Crippen molar-refractivity contribution in [2.45, 2.75) is 46.1 Å². The molecule has 1 atom stereocenters. The van der Waals surface area contributed by atoms with E-state index in [4.69, 9.17) is 10.5 Å². The summed E-state index contributed by atoms with van der Waals surface area (Å²) >= 11 is 0. The molecule has 0 aliphatic heterocycles. The first-order valence-corrected chi connectivity index (χ1v) is 7.81. The van der Waals surface area contributed by atoms with Crippen LogP contribution in [0, 0.1) is 11.7 Å². The molecular weight excluding hydrogens is 299 g/mol. The van der Waals surface area contributed by atoms with Gasteiger partial charge in [0.25, 0.3) is 5.91 Å². The molecule has 0 spiro atoms. The third kappa shape index (κ3) is 7.13. The van der Waals surface area contributed by atoms with Crippen LogP contribution in [0.15, 0.2) is 18.2 Å².